The van der Waals surface area contributed by atoms with Crippen molar-refractivity contribution in [1.29, 1.82) is 0 Å². The highest BCUT2D eigenvalue weighted by Gasteiger charge is 2.37. The highest BCUT2D eigenvalue weighted by atomic mass is 19.1. The van der Waals surface area contributed by atoms with Crippen molar-refractivity contribution in [3.63, 3.8) is 0 Å². The molecule has 1 unspecified atom stereocenters. The lowest BCUT2D eigenvalue weighted by Gasteiger charge is -2.32. The van der Waals surface area contributed by atoms with Gasteiger partial charge in [-0.15, -0.1) is 0 Å². The Labute approximate surface area is 228 Å². The minimum Gasteiger partial charge on any atom is -0.493 e. The molecule has 1 aliphatic rings. The molecule has 1 N–H and O–H groups in total. The number of carbonyl (C=O) groups excluding carboxylic acids is 1. The number of halogens is 1. The molecule has 2 aromatic carbocycles. The molecule has 1 saturated heterocycles. The number of benzene rings is 2. The zero-order valence-electron chi connectivity index (χ0n) is 22.8. The van der Waals surface area contributed by atoms with E-state index in [4.69, 9.17) is 14.2 Å². The molecule has 210 valence electrons. The van der Waals surface area contributed by atoms with Crippen LogP contribution in [0.5, 0.6) is 17.2 Å². The second kappa shape index (κ2) is 12.9. The van der Waals surface area contributed by atoms with E-state index in [2.05, 4.69) is 14.5 Å². The van der Waals surface area contributed by atoms with Crippen LogP contribution in [0.25, 0.3) is 0 Å². The first kappa shape index (κ1) is 28.4. The van der Waals surface area contributed by atoms with Gasteiger partial charge in [-0.1, -0.05) is 6.07 Å². The molecule has 3 aromatic rings. The molecular weight excluding hydrogens is 503 g/mol. The number of aryl methyl sites for hydroxylation is 2. The Morgan fingerprint density at radius 2 is 1.90 bits per heavy atom. The molecule has 1 amide bonds. The highest BCUT2D eigenvalue weighted by molar-refractivity contribution is 5.73. The normalized spacial score (nSPS) is 18.0. The Kier molecular flexibility index (Phi) is 9.42. The molecule has 9 nitrogen and oxygen atoms in total. The third-order valence-electron chi connectivity index (χ3n) is 6.81. The van der Waals surface area contributed by atoms with E-state index in [0.717, 1.165) is 24.4 Å². The summed E-state index contributed by atoms with van der Waals surface area (Å²) < 4.78 is 32.7. The zero-order chi connectivity index (χ0) is 27.8. The van der Waals surface area contributed by atoms with Gasteiger partial charge in [0, 0.05) is 52.0 Å². The number of nitrogens with zero attached hydrogens (tertiary/aromatic N) is 4. The molecule has 1 aliphatic heterocycles. The van der Waals surface area contributed by atoms with Crippen LogP contribution in [0, 0.1) is 12.7 Å². The average Bonchev–Trinajstić information content (AvgIpc) is 3.24. The summed E-state index contributed by atoms with van der Waals surface area (Å²) in [7, 11) is 1.61. The molecular formula is C29H37FN4O5. The first-order valence-electron chi connectivity index (χ1n) is 13.1. The monoisotopic (exact) mass is 540 g/mol. The van der Waals surface area contributed by atoms with E-state index in [1.165, 1.54) is 31.2 Å². The number of methoxy groups -OCH3 is 1. The summed E-state index contributed by atoms with van der Waals surface area (Å²) in [4.78, 5) is 20.2. The smallest absolute Gasteiger partial charge is 0.219 e. The van der Waals surface area contributed by atoms with Crippen molar-refractivity contribution in [2.75, 3.05) is 46.5 Å². The van der Waals surface area contributed by atoms with Crippen molar-refractivity contribution >= 4 is 5.91 Å². The second-order valence-electron chi connectivity index (χ2n) is 9.97. The molecule has 1 fully saturated rings. The second-order valence-corrected chi connectivity index (χ2v) is 9.97. The van der Waals surface area contributed by atoms with Gasteiger partial charge < -0.3 is 28.8 Å². The van der Waals surface area contributed by atoms with Gasteiger partial charge >= 0.3 is 0 Å². The van der Waals surface area contributed by atoms with Crippen molar-refractivity contribution in [3.8, 4) is 17.2 Å². The van der Waals surface area contributed by atoms with Gasteiger partial charge in [-0.2, -0.15) is 0 Å². The quantitative estimate of drug-likeness (QED) is 0.374. The lowest BCUT2D eigenvalue weighted by atomic mass is 10.0. The molecule has 2 heterocycles. The van der Waals surface area contributed by atoms with Crippen LogP contribution >= 0.6 is 0 Å². The minimum absolute atomic E-state index is 0.0341. The van der Waals surface area contributed by atoms with Crippen LogP contribution in [0.15, 0.2) is 54.9 Å². The molecule has 1 atom stereocenters. The molecule has 0 spiro atoms. The average molecular weight is 541 g/mol. The molecule has 4 rings (SSSR count). The Morgan fingerprint density at radius 3 is 2.59 bits per heavy atom. The number of aromatic nitrogens is 2. The number of amides is 1. The largest absolute Gasteiger partial charge is 0.493 e. The fraction of sp³-hybridized carbons (Fsp3) is 0.448. The number of rotatable bonds is 11. The Morgan fingerprint density at radius 1 is 1.10 bits per heavy atom. The van der Waals surface area contributed by atoms with E-state index in [9.17, 15) is 14.3 Å². The molecule has 0 saturated carbocycles. The van der Waals surface area contributed by atoms with Crippen molar-refractivity contribution in [2.45, 2.75) is 39.0 Å². The molecule has 0 aliphatic carbocycles. The number of β-amino-alcohol motifs (C(OH)–C–C–N with tert-alkyl or cyclic N) is 1. The fourth-order valence-corrected chi connectivity index (χ4v) is 4.73. The Balaban J connectivity index is 1.38. The van der Waals surface area contributed by atoms with Gasteiger partial charge in [0.25, 0.3) is 0 Å². The predicted molar refractivity (Wildman–Crippen MR) is 144 cm³/mol. The van der Waals surface area contributed by atoms with Gasteiger partial charge in [0.05, 0.1) is 20.3 Å². The lowest BCUT2D eigenvalue weighted by molar-refractivity contribution is -0.132. The van der Waals surface area contributed by atoms with Gasteiger partial charge in [-0.25, -0.2) is 9.37 Å². The van der Waals surface area contributed by atoms with E-state index in [1.807, 2.05) is 31.3 Å². The number of carbonyl (C=O) groups is 1. The van der Waals surface area contributed by atoms with Crippen molar-refractivity contribution in [2.24, 2.45) is 0 Å². The summed E-state index contributed by atoms with van der Waals surface area (Å²) in [5, 5.41) is 11.5. The molecule has 0 radical (unpaired) electrons. The number of ether oxygens (including phenoxy) is 3. The standard InChI is InChI=1S/C29H37FN4O5/c1-22-31-11-13-33(22)12-4-16-38-27-10-5-24(17-28(27)37-3)18-32-14-15-34(23(2)35)20-29(36,19-32)21-39-26-8-6-25(30)7-9-26/h5-11,13,17,36H,4,12,14-16,18-21H2,1-3H3. The summed E-state index contributed by atoms with van der Waals surface area (Å²) >= 11 is 0. The van der Waals surface area contributed by atoms with Crippen LogP contribution in [-0.4, -0.2) is 82.5 Å². The van der Waals surface area contributed by atoms with Crippen molar-refractivity contribution in [1.82, 2.24) is 19.4 Å². The predicted octanol–water partition coefficient (Wildman–Crippen LogP) is 3.28. The van der Waals surface area contributed by atoms with Crippen LogP contribution in [0.3, 0.4) is 0 Å². The number of hydrogen-bond donors (Lipinski definition) is 1. The minimum atomic E-state index is -1.31. The molecule has 0 bridgehead atoms. The number of hydrogen-bond acceptors (Lipinski definition) is 7. The van der Waals surface area contributed by atoms with Crippen LogP contribution in [-0.2, 0) is 17.9 Å². The van der Waals surface area contributed by atoms with E-state index in [-0.39, 0.29) is 24.9 Å². The van der Waals surface area contributed by atoms with Crippen molar-refractivity contribution in [3.05, 3.63) is 72.1 Å². The third kappa shape index (κ3) is 7.93. The number of imidazole rings is 1. The maximum atomic E-state index is 13.3. The Hall–Kier alpha value is -3.63. The fourth-order valence-electron chi connectivity index (χ4n) is 4.73. The first-order valence-corrected chi connectivity index (χ1v) is 13.1. The SMILES string of the molecule is COc1cc(CN2CCN(C(C)=O)CC(O)(COc3ccc(F)cc3)C2)ccc1OCCCn1ccnc1C. The third-order valence-corrected chi connectivity index (χ3v) is 6.81. The summed E-state index contributed by atoms with van der Waals surface area (Å²) in [6.45, 7) is 6.88. The van der Waals surface area contributed by atoms with Gasteiger partial charge in [-0.05, 0) is 55.3 Å². The first-order chi connectivity index (χ1) is 18.7. The van der Waals surface area contributed by atoms with Gasteiger partial charge in [-0.3, -0.25) is 9.69 Å². The van der Waals surface area contributed by atoms with E-state index < -0.39 is 5.60 Å². The lowest BCUT2D eigenvalue weighted by Crippen LogP contribution is -2.51. The zero-order valence-corrected chi connectivity index (χ0v) is 22.8. The van der Waals surface area contributed by atoms with Crippen LogP contribution in [0.2, 0.25) is 0 Å². The van der Waals surface area contributed by atoms with Crippen LogP contribution in [0.4, 0.5) is 4.39 Å². The van der Waals surface area contributed by atoms with Gasteiger partial charge in [0.1, 0.15) is 29.6 Å². The molecule has 10 heteroatoms. The van der Waals surface area contributed by atoms with Crippen molar-refractivity contribution < 1.29 is 28.5 Å². The van der Waals surface area contributed by atoms with Gasteiger partial charge in [0.2, 0.25) is 5.91 Å². The summed E-state index contributed by atoms with van der Waals surface area (Å²) in [5.41, 5.74) is -0.316. The maximum absolute atomic E-state index is 13.3. The number of aliphatic hydroxyl groups is 1. The Bertz CT molecular complexity index is 1230. The maximum Gasteiger partial charge on any atom is 0.219 e. The highest BCUT2D eigenvalue weighted by Crippen LogP contribution is 2.29. The van der Waals surface area contributed by atoms with E-state index in [1.54, 1.807) is 18.2 Å². The topological polar surface area (TPSA) is 89.3 Å². The van der Waals surface area contributed by atoms with E-state index >= 15 is 0 Å². The van der Waals surface area contributed by atoms with Crippen LogP contribution < -0.4 is 14.2 Å². The summed E-state index contributed by atoms with van der Waals surface area (Å²) in [6.07, 6.45) is 4.58. The summed E-state index contributed by atoms with van der Waals surface area (Å²) in [5.74, 6) is 2.28. The van der Waals surface area contributed by atoms with E-state index in [0.29, 0.717) is 50.0 Å². The van der Waals surface area contributed by atoms with Gasteiger partial charge in [0.15, 0.2) is 11.5 Å². The molecule has 1 aromatic heterocycles. The summed E-state index contributed by atoms with van der Waals surface area (Å²) in [6, 6.07) is 11.5. The van der Waals surface area contributed by atoms with Crippen LogP contribution in [0.1, 0.15) is 24.7 Å². The molecule has 39 heavy (non-hydrogen) atoms.